The highest BCUT2D eigenvalue weighted by atomic mass is 16.6. The van der Waals surface area contributed by atoms with Crippen molar-refractivity contribution in [3.8, 4) is 0 Å². The standard InChI is InChI=1S/C75H134O6/c1-4-7-10-13-16-19-22-25-28-30-31-32-33-34-35-36-37-38-39-40-41-42-43-44-45-46-48-50-53-56-59-62-65-68-74(77)80-71-72(70-79-73(76)67-64-61-58-55-52-49-27-24-21-18-15-12-9-6-3)81-75(78)69-66-63-60-57-54-51-47-29-26-23-20-17-14-11-8-5-2/h7,10,16,19,25,28,31-32,34-35,37-38,72H,4-6,8-9,11-15,17-18,20-24,26-27,29-30,33,36,39-71H2,1-3H3/b10-7-,19-16-,28-25-,32-31-,35-34-,38-37-. The molecule has 6 nitrogen and oxygen atoms in total. The van der Waals surface area contributed by atoms with Crippen LogP contribution in [0, 0.1) is 0 Å². The van der Waals surface area contributed by atoms with Gasteiger partial charge < -0.3 is 14.2 Å². The molecular weight excluding hydrogens is 997 g/mol. The minimum absolute atomic E-state index is 0.0677. The van der Waals surface area contributed by atoms with Crippen LogP contribution in [0.3, 0.4) is 0 Å². The van der Waals surface area contributed by atoms with Crippen LogP contribution in [0.25, 0.3) is 0 Å². The number of carbonyl (C=O) groups excluding carboxylic acids is 3. The molecule has 470 valence electrons. The van der Waals surface area contributed by atoms with Gasteiger partial charge in [0.05, 0.1) is 0 Å². The summed E-state index contributed by atoms with van der Waals surface area (Å²) in [7, 11) is 0. The monoisotopic (exact) mass is 1130 g/mol. The molecular formula is C75H134O6. The topological polar surface area (TPSA) is 78.9 Å². The zero-order valence-electron chi connectivity index (χ0n) is 54.1. The van der Waals surface area contributed by atoms with Gasteiger partial charge in [0.25, 0.3) is 0 Å². The molecule has 1 unspecified atom stereocenters. The molecule has 0 fully saturated rings. The lowest BCUT2D eigenvalue weighted by Crippen LogP contribution is -2.30. The SMILES string of the molecule is CC/C=C\C/C=C\C/C=C\C/C=C\C/C=C\C/C=C\CCCCCCCCCCCCCCCCC(=O)OCC(COC(=O)CCCCCCCCCCCCCCCC)OC(=O)CCCCCCCCCCCCCCCCCC. The van der Waals surface area contributed by atoms with Gasteiger partial charge >= 0.3 is 17.9 Å². The number of unbranched alkanes of at least 4 members (excludes halogenated alkanes) is 42. The molecule has 0 aliphatic rings. The van der Waals surface area contributed by atoms with E-state index < -0.39 is 6.10 Å². The molecule has 0 saturated carbocycles. The summed E-state index contributed by atoms with van der Waals surface area (Å²) in [5, 5.41) is 0. The van der Waals surface area contributed by atoms with Gasteiger partial charge in [0.2, 0.25) is 0 Å². The van der Waals surface area contributed by atoms with E-state index in [-0.39, 0.29) is 31.1 Å². The Labute approximate surface area is 503 Å². The van der Waals surface area contributed by atoms with Gasteiger partial charge in [-0.1, -0.05) is 351 Å². The Morgan fingerprint density at radius 3 is 0.753 bits per heavy atom. The molecule has 0 aliphatic carbocycles. The fraction of sp³-hybridized carbons (Fsp3) is 0.800. The normalized spacial score (nSPS) is 12.5. The van der Waals surface area contributed by atoms with E-state index in [1.54, 1.807) is 0 Å². The molecule has 6 heteroatoms. The highest BCUT2D eigenvalue weighted by molar-refractivity contribution is 5.71. The Morgan fingerprint density at radius 2 is 0.481 bits per heavy atom. The lowest BCUT2D eigenvalue weighted by Gasteiger charge is -2.18. The Balaban J connectivity index is 4.17. The van der Waals surface area contributed by atoms with Gasteiger partial charge in [-0.2, -0.15) is 0 Å². The highest BCUT2D eigenvalue weighted by Crippen LogP contribution is 2.18. The first kappa shape index (κ1) is 77.9. The van der Waals surface area contributed by atoms with Crippen LogP contribution >= 0.6 is 0 Å². The number of ether oxygens (including phenoxy) is 3. The van der Waals surface area contributed by atoms with Crippen LogP contribution in [-0.2, 0) is 28.6 Å². The maximum Gasteiger partial charge on any atom is 0.306 e. The number of hydrogen-bond acceptors (Lipinski definition) is 6. The van der Waals surface area contributed by atoms with Gasteiger partial charge in [-0.15, -0.1) is 0 Å². The zero-order valence-corrected chi connectivity index (χ0v) is 54.1. The van der Waals surface area contributed by atoms with Crippen LogP contribution in [0.1, 0.15) is 367 Å². The number of carbonyl (C=O) groups is 3. The minimum atomic E-state index is -0.771. The van der Waals surface area contributed by atoms with Crippen molar-refractivity contribution in [3.63, 3.8) is 0 Å². The molecule has 0 aromatic carbocycles. The van der Waals surface area contributed by atoms with E-state index in [1.165, 1.54) is 231 Å². The number of rotatable bonds is 65. The number of allylic oxidation sites excluding steroid dienone is 12. The van der Waals surface area contributed by atoms with Gasteiger partial charge in [0.15, 0.2) is 6.10 Å². The second-order valence-corrected chi connectivity index (χ2v) is 23.8. The summed E-state index contributed by atoms with van der Waals surface area (Å²) < 4.78 is 17.0. The summed E-state index contributed by atoms with van der Waals surface area (Å²) in [4.78, 5) is 38.4. The summed E-state index contributed by atoms with van der Waals surface area (Å²) in [6.07, 6.45) is 90.7. The summed E-state index contributed by atoms with van der Waals surface area (Å²) >= 11 is 0. The van der Waals surface area contributed by atoms with Crippen molar-refractivity contribution < 1.29 is 28.6 Å². The molecule has 0 bridgehead atoms. The van der Waals surface area contributed by atoms with E-state index in [1.807, 2.05) is 0 Å². The maximum atomic E-state index is 12.9. The Kier molecular flexibility index (Phi) is 66.6. The van der Waals surface area contributed by atoms with Gasteiger partial charge in [0.1, 0.15) is 13.2 Å². The third-order valence-electron chi connectivity index (χ3n) is 15.7. The summed E-state index contributed by atoms with van der Waals surface area (Å²) in [6.45, 7) is 6.59. The second kappa shape index (κ2) is 69.3. The van der Waals surface area contributed by atoms with Crippen LogP contribution < -0.4 is 0 Å². The van der Waals surface area contributed by atoms with E-state index in [0.717, 1.165) is 96.3 Å². The van der Waals surface area contributed by atoms with Crippen molar-refractivity contribution in [1.82, 2.24) is 0 Å². The Bertz CT molecular complexity index is 1490. The Hall–Kier alpha value is -3.15. The predicted molar refractivity (Wildman–Crippen MR) is 353 cm³/mol. The van der Waals surface area contributed by atoms with Gasteiger partial charge in [-0.25, -0.2) is 0 Å². The molecule has 0 rings (SSSR count). The summed E-state index contributed by atoms with van der Waals surface area (Å²) in [6, 6.07) is 0. The summed E-state index contributed by atoms with van der Waals surface area (Å²) in [5.74, 6) is -0.843. The third kappa shape index (κ3) is 67.5. The van der Waals surface area contributed by atoms with Crippen molar-refractivity contribution in [1.29, 1.82) is 0 Å². The first-order chi connectivity index (χ1) is 40.0. The van der Waals surface area contributed by atoms with Crippen LogP contribution in [0.4, 0.5) is 0 Å². The molecule has 0 N–H and O–H groups in total. The molecule has 81 heavy (non-hydrogen) atoms. The predicted octanol–water partition coefficient (Wildman–Crippen LogP) is 24.4. The quantitative estimate of drug-likeness (QED) is 0.0261. The van der Waals surface area contributed by atoms with Crippen molar-refractivity contribution >= 4 is 17.9 Å². The molecule has 0 aromatic rings. The van der Waals surface area contributed by atoms with Crippen LogP contribution in [-0.4, -0.2) is 37.2 Å². The van der Waals surface area contributed by atoms with Crippen molar-refractivity contribution in [2.75, 3.05) is 13.2 Å². The first-order valence-corrected chi connectivity index (χ1v) is 35.4. The van der Waals surface area contributed by atoms with Gasteiger partial charge in [-0.3, -0.25) is 14.4 Å². The van der Waals surface area contributed by atoms with Crippen LogP contribution in [0.2, 0.25) is 0 Å². The molecule has 0 saturated heterocycles. The highest BCUT2D eigenvalue weighted by Gasteiger charge is 2.19. The fourth-order valence-corrected chi connectivity index (χ4v) is 10.5. The first-order valence-electron chi connectivity index (χ1n) is 35.4. The lowest BCUT2D eigenvalue weighted by atomic mass is 10.0. The minimum Gasteiger partial charge on any atom is -0.462 e. The van der Waals surface area contributed by atoms with Crippen LogP contribution in [0.5, 0.6) is 0 Å². The second-order valence-electron chi connectivity index (χ2n) is 23.8. The molecule has 0 spiro atoms. The van der Waals surface area contributed by atoms with Gasteiger partial charge in [0, 0.05) is 19.3 Å². The van der Waals surface area contributed by atoms with E-state index in [4.69, 9.17) is 14.2 Å². The number of hydrogen-bond donors (Lipinski definition) is 0. The van der Waals surface area contributed by atoms with Crippen molar-refractivity contribution in [2.45, 2.75) is 374 Å². The van der Waals surface area contributed by atoms with E-state index in [0.29, 0.717) is 19.3 Å². The third-order valence-corrected chi connectivity index (χ3v) is 15.7. The average Bonchev–Trinajstić information content (AvgIpc) is 3.47. The molecule has 0 radical (unpaired) electrons. The molecule has 0 heterocycles. The molecule has 0 aromatic heterocycles. The van der Waals surface area contributed by atoms with Gasteiger partial charge in [-0.05, 0) is 70.6 Å². The molecule has 1 atom stereocenters. The Morgan fingerprint density at radius 1 is 0.259 bits per heavy atom. The van der Waals surface area contributed by atoms with Crippen molar-refractivity contribution in [2.24, 2.45) is 0 Å². The summed E-state index contributed by atoms with van der Waals surface area (Å²) in [5.41, 5.74) is 0. The fourth-order valence-electron chi connectivity index (χ4n) is 10.5. The molecule has 0 aliphatic heterocycles. The van der Waals surface area contributed by atoms with Crippen LogP contribution in [0.15, 0.2) is 72.9 Å². The number of esters is 3. The zero-order chi connectivity index (χ0) is 58.5. The largest absolute Gasteiger partial charge is 0.462 e. The maximum absolute atomic E-state index is 12.9. The van der Waals surface area contributed by atoms with E-state index >= 15 is 0 Å². The van der Waals surface area contributed by atoms with E-state index in [9.17, 15) is 14.4 Å². The van der Waals surface area contributed by atoms with Crippen molar-refractivity contribution in [3.05, 3.63) is 72.9 Å². The van der Waals surface area contributed by atoms with E-state index in [2.05, 4.69) is 93.7 Å². The molecule has 0 amide bonds. The lowest BCUT2D eigenvalue weighted by molar-refractivity contribution is -0.167. The average molecular weight is 1130 g/mol. The smallest absolute Gasteiger partial charge is 0.306 e.